The van der Waals surface area contributed by atoms with Crippen molar-refractivity contribution in [3.8, 4) is 0 Å². The molecule has 0 atom stereocenters. The van der Waals surface area contributed by atoms with Crippen molar-refractivity contribution in [3.05, 3.63) is 23.9 Å². The molecular formula is C12H22N4. The van der Waals surface area contributed by atoms with Crippen LogP contribution >= 0.6 is 0 Å². The summed E-state index contributed by atoms with van der Waals surface area (Å²) in [6, 6.07) is 5.89. The van der Waals surface area contributed by atoms with Crippen LogP contribution in [0, 0.1) is 0 Å². The number of anilines is 1. The second-order valence-corrected chi connectivity index (χ2v) is 3.93. The van der Waals surface area contributed by atoms with Crippen LogP contribution in [0.5, 0.6) is 0 Å². The maximum Gasteiger partial charge on any atom is 0.140 e. The van der Waals surface area contributed by atoms with Gasteiger partial charge in [-0.05, 0) is 38.1 Å². The van der Waals surface area contributed by atoms with Crippen molar-refractivity contribution in [2.75, 3.05) is 18.5 Å². The highest BCUT2D eigenvalue weighted by atomic mass is 15.3. The number of aromatic nitrogens is 1. The van der Waals surface area contributed by atoms with E-state index in [4.69, 9.17) is 5.84 Å². The van der Waals surface area contributed by atoms with Crippen molar-refractivity contribution in [2.45, 2.75) is 33.2 Å². The lowest BCUT2D eigenvalue weighted by Crippen LogP contribution is -2.25. The quantitative estimate of drug-likeness (QED) is 0.547. The molecule has 0 fully saturated rings. The molecule has 4 heteroatoms. The third kappa shape index (κ3) is 4.16. The van der Waals surface area contributed by atoms with Gasteiger partial charge in [-0.1, -0.05) is 19.9 Å². The van der Waals surface area contributed by atoms with Crippen LogP contribution in [-0.4, -0.2) is 23.0 Å². The fourth-order valence-corrected chi connectivity index (χ4v) is 1.78. The number of hydrazine groups is 1. The SMILES string of the molecule is CCCN(CCC)Cc1cccc(NN)n1. The molecule has 1 aromatic rings. The number of nitrogens with one attached hydrogen (secondary N) is 1. The fourth-order valence-electron chi connectivity index (χ4n) is 1.78. The van der Waals surface area contributed by atoms with Crippen LogP contribution in [-0.2, 0) is 6.54 Å². The van der Waals surface area contributed by atoms with Crippen LogP contribution in [0.3, 0.4) is 0 Å². The summed E-state index contributed by atoms with van der Waals surface area (Å²) in [4.78, 5) is 6.84. The Bertz CT molecular complexity index is 295. The standard InChI is InChI=1S/C12H22N4/c1-3-8-16(9-4-2)10-11-6-5-7-12(14-11)15-13/h5-7H,3-4,8-10,13H2,1-2H3,(H,14,15). The highest BCUT2D eigenvalue weighted by Crippen LogP contribution is 2.07. The molecule has 4 nitrogen and oxygen atoms in total. The molecule has 90 valence electrons. The molecule has 16 heavy (non-hydrogen) atoms. The molecule has 1 aromatic heterocycles. The Labute approximate surface area is 97.8 Å². The third-order valence-corrected chi connectivity index (χ3v) is 2.42. The Kier molecular flexibility index (Phi) is 5.82. The molecule has 0 aromatic carbocycles. The summed E-state index contributed by atoms with van der Waals surface area (Å²) in [6.07, 6.45) is 2.35. The lowest BCUT2D eigenvalue weighted by molar-refractivity contribution is 0.263. The van der Waals surface area contributed by atoms with Crippen LogP contribution < -0.4 is 11.3 Å². The van der Waals surface area contributed by atoms with E-state index in [-0.39, 0.29) is 0 Å². The van der Waals surface area contributed by atoms with Gasteiger partial charge in [0.05, 0.1) is 5.69 Å². The van der Waals surface area contributed by atoms with Crippen molar-refractivity contribution in [1.82, 2.24) is 9.88 Å². The summed E-state index contributed by atoms with van der Waals surface area (Å²) in [5.41, 5.74) is 3.64. The van der Waals surface area contributed by atoms with Gasteiger partial charge in [-0.25, -0.2) is 10.8 Å². The molecule has 0 radical (unpaired) electrons. The highest BCUT2D eigenvalue weighted by Gasteiger charge is 2.05. The topological polar surface area (TPSA) is 54.2 Å². The molecule has 1 rings (SSSR count). The van der Waals surface area contributed by atoms with Gasteiger partial charge in [-0.2, -0.15) is 0 Å². The first kappa shape index (κ1) is 12.9. The smallest absolute Gasteiger partial charge is 0.140 e. The number of nitrogens with two attached hydrogens (primary N) is 1. The molecule has 3 N–H and O–H groups in total. The van der Waals surface area contributed by atoms with Crippen molar-refractivity contribution in [1.29, 1.82) is 0 Å². The van der Waals surface area contributed by atoms with E-state index in [1.165, 1.54) is 12.8 Å². The molecule has 0 bridgehead atoms. The first-order valence-corrected chi connectivity index (χ1v) is 5.95. The molecule has 0 aliphatic rings. The maximum absolute atomic E-state index is 5.34. The van der Waals surface area contributed by atoms with Crippen LogP contribution in [0.2, 0.25) is 0 Å². The zero-order chi connectivity index (χ0) is 11.8. The Balaban J connectivity index is 2.60. The van der Waals surface area contributed by atoms with Crippen molar-refractivity contribution >= 4 is 5.82 Å². The summed E-state index contributed by atoms with van der Waals surface area (Å²) in [5.74, 6) is 6.07. The van der Waals surface area contributed by atoms with Gasteiger partial charge < -0.3 is 5.43 Å². The Morgan fingerprint density at radius 2 is 1.94 bits per heavy atom. The zero-order valence-electron chi connectivity index (χ0n) is 10.2. The normalized spacial score (nSPS) is 10.8. The van der Waals surface area contributed by atoms with E-state index in [1.807, 2.05) is 18.2 Å². The summed E-state index contributed by atoms with van der Waals surface area (Å²) >= 11 is 0. The van der Waals surface area contributed by atoms with Gasteiger partial charge in [-0.3, -0.25) is 4.90 Å². The molecule has 0 aliphatic heterocycles. The van der Waals surface area contributed by atoms with Gasteiger partial charge in [0.2, 0.25) is 0 Å². The molecule has 0 amide bonds. The van der Waals surface area contributed by atoms with Gasteiger partial charge in [-0.15, -0.1) is 0 Å². The summed E-state index contributed by atoms with van der Waals surface area (Å²) < 4.78 is 0. The lowest BCUT2D eigenvalue weighted by Gasteiger charge is -2.20. The number of nitrogen functional groups attached to an aromatic ring is 1. The second kappa shape index (κ2) is 7.19. The van der Waals surface area contributed by atoms with E-state index in [9.17, 15) is 0 Å². The van der Waals surface area contributed by atoms with E-state index < -0.39 is 0 Å². The van der Waals surface area contributed by atoms with Crippen LogP contribution in [0.25, 0.3) is 0 Å². The van der Waals surface area contributed by atoms with Crippen LogP contribution in [0.15, 0.2) is 18.2 Å². The Hall–Kier alpha value is -1.13. The van der Waals surface area contributed by atoms with Crippen LogP contribution in [0.4, 0.5) is 5.82 Å². The average Bonchev–Trinajstić information content (AvgIpc) is 2.30. The largest absolute Gasteiger partial charge is 0.308 e. The number of pyridine rings is 1. The van der Waals surface area contributed by atoms with E-state index in [0.29, 0.717) is 0 Å². The monoisotopic (exact) mass is 222 g/mol. The minimum atomic E-state index is 0.727. The predicted octanol–water partition coefficient (Wildman–Crippen LogP) is 1.99. The molecule has 0 saturated heterocycles. The minimum absolute atomic E-state index is 0.727. The molecule has 1 heterocycles. The number of hydrogen-bond donors (Lipinski definition) is 2. The van der Waals surface area contributed by atoms with E-state index in [0.717, 1.165) is 31.1 Å². The van der Waals surface area contributed by atoms with Gasteiger partial charge in [0.25, 0.3) is 0 Å². The van der Waals surface area contributed by atoms with Crippen molar-refractivity contribution < 1.29 is 0 Å². The summed E-state index contributed by atoms with van der Waals surface area (Å²) in [5, 5.41) is 0. The second-order valence-electron chi connectivity index (χ2n) is 3.93. The Morgan fingerprint density at radius 3 is 2.50 bits per heavy atom. The maximum atomic E-state index is 5.34. The summed E-state index contributed by atoms with van der Waals surface area (Å²) in [6.45, 7) is 7.55. The molecule has 0 saturated carbocycles. The highest BCUT2D eigenvalue weighted by molar-refractivity contribution is 5.33. The number of hydrogen-bond acceptors (Lipinski definition) is 4. The van der Waals surface area contributed by atoms with Gasteiger partial charge in [0.1, 0.15) is 5.82 Å². The minimum Gasteiger partial charge on any atom is -0.308 e. The lowest BCUT2D eigenvalue weighted by atomic mass is 10.3. The predicted molar refractivity (Wildman–Crippen MR) is 67.9 cm³/mol. The number of nitrogens with zero attached hydrogens (tertiary/aromatic N) is 2. The van der Waals surface area contributed by atoms with Crippen molar-refractivity contribution in [2.24, 2.45) is 5.84 Å². The molecule has 0 unspecified atom stereocenters. The van der Waals surface area contributed by atoms with Gasteiger partial charge >= 0.3 is 0 Å². The van der Waals surface area contributed by atoms with Gasteiger partial charge in [0.15, 0.2) is 0 Å². The number of rotatable bonds is 7. The molecule has 0 aliphatic carbocycles. The van der Waals surface area contributed by atoms with Crippen LogP contribution in [0.1, 0.15) is 32.4 Å². The fraction of sp³-hybridized carbons (Fsp3) is 0.583. The van der Waals surface area contributed by atoms with E-state index >= 15 is 0 Å². The molecule has 0 spiro atoms. The first-order valence-electron chi connectivity index (χ1n) is 5.95. The van der Waals surface area contributed by atoms with E-state index in [1.54, 1.807) is 0 Å². The molecular weight excluding hydrogens is 200 g/mol. The van der Waals surface area contributed by atoms with E-state index in [2.05, 4.69) is 29.2 Å². The zero-order valence-corrected chi connectivity index (χ0v) is 10.2. The third-order valence-electron chi connectivity index (χ3n) is 2.42. The average molecular weight is 222 g/mol. The van der Waals surface area contributed by atoms with Crippen molar-refractivity contribution in [3.63, 3.8) is 0 Å². The summed E-state index contributed by atoms with van der Waals surface area (Å²) in [7, 11) is 0. The first-order chi connectivity index (χ1) is 7.80. The Morgan fingerprint density at radius 1 is 1.25 bits per heavy atom. The van der Waals surface area contributed by atoms with Gasteiger partial charge in [0, 0.05) is 6.54 Å².